The van der Waals surface area contributed by atoms with Crippen molar-refractivity contribution in [3.63, 3.8) is 0 Å². The molecule has 0 aromatic heterocycles. The van der Waals surface area contributed by atoms with Crippen molar-refractivity contribution in [3.05, 3.63) is 88.5 Å². The van der Waals surface area contributed by atoms with E-state index in [0.29, 0.717) is 23.2 Å². The number of amides is 1. The third kappa shape index (κ3) is 5.54. The Hall–Kier alpha value is -3.32. The number of rotatable bonds is 8. The fourth-order valence-corrected chi connectivity index (χ4v) is 4.81. The van der Waals surface area contributed by atoms with Gasteiger partial charge in [0.05, 0.1) is 23.7 Å². The fourth-order valence-electron chi connectivity index (χ4n) is 3.69. The van der Waals surface area contributed by atoms with Gasteiger partial charge in [0, 0.05) is 5.56 Å². The number of benzene rings is 3. The topological polar surface area (TPSA) is 84.5 Å². The Kier molecular flexibility index (Phi) is 7.43. The minimum absolute atomic E-state index is 0.170. The first-order valence-electron chi connectivity index (χ1n) is 10.8. The summed E-state index contributed by atoms with van der Waals surface area (Å²) in [5.74, 6) is 0.536. The predicted octanol–water partition coefficient (Wildman–Crippen LogP) is 5.30. The number of anilines is 1. The third-order valence-electron chi connectivity index (χ3n) is 5.69. The smallest absolute Gasteiger partial charge is 0.261 e. The molecule has 0 aliphatic rings. The van der Waals surface area contributed by atoms with Crippen LogP contribution in [0.3, 0.4) is 0 Å². The monoisotopic (exact) mass is 466 g/mol. The molecule has 33 heavy (non-hydrogen) atoms. The van der Waals surface area contributed by atoms with Gasteiger partial charge >= 0.3 is 0 Å². The van der Waals surface area contributed by atoms with Gasteiger partial charge in [-0.3, -0.25) is 9.52 Å². The summed E-state index contributed by atoms with van der Waals surface area (Å²) >= 11 is 0. The summed E-state index contributed by atoms with van der Waals surface area (Å²) in [5, 5.41) is 3.08. The lowest BCUT2D eigenvalue weighted by Gasteiger charge is -2.20. The average Bonchev–Trinajstić information content (AvgIpc) is 2.78. The molecule has 0 spiro atoms. The van der Waals surface area contributed by atoms with E-state index in [1.54, 1.807) is 56.5 Å². The molecule has 0 radical (unpaired) electrons. The Balaban J connectivity index is 1.83. The molecule has 2 N–H and O–H groups in total. The lowest BCUT2D eigenvalue weighted by molar-refractivity contribution is 0.0935. The van der Waals surface area contributed by atoms with Gasteiger partial charge < -0.3 is 10.1 Å². The number of carbonyl (C=O) groups is 1. The number of ether oxygens (including phenoxy) is 1. The maximum atomic E-state index is 13.1. The highest BCUT2D eigenvalue weighted by Gasteiger charge is 2.20. The van der Waals surface area contributed by atoms with E-state index in [-0.39, 0.29) is 16.8 Å². The van der Waals surface area contributed by atoms with Crippen LogP contribution >= 0.6 is 0 Å². The highest BCUT2D eigenvalue weighted by atomic mass is 32.2. The van der Waals surface area contributed by atoms with Crippen LogP contribution in [0.5, 0.6) is 5.75 Å². The van der Waals surface area contributed by atoms with Gasteiger partial charge in [0.1, 0.15) is 5.75 Å². The van der Waals surface area contributed by atoms with Gasteiger partial charge in [-0.15, -0.1) is 0 Å². The Bertz CT molecular complexity index is 1250. The molecule has 6 nitrogen and oxygen atoms in total. The van der Waals surface area contributed by atoms with Crippen molar-refractivity contribution in [3.8, 4) is 5.75 Å². The van der Waals surface area contributed by atoms with Gasteiger partial charge in [-0.1, -0.05) is 42.8 Å². The maximum absolute atomic E-state index is 13.1. The third-order valence-corrected chi connectivity index (χ3v) is 7.07. The zero-order chi connectivity index (χ0) is 24.2. The second-order valence-corrected chi connectivity index (χ2v) is 9.74. The molecule has 3 aromatic carbocycles. The largest absolute Gasteiger partial charge is 0.496 e. The Labute approximate surface area is 196 Å². The van der Waals surface area contributed by atoms with Crippen molar-refractivity contribution >= 4 is 21.6 Å². The van der Waals surface area contributed by atoms with Gasteiger partial charge in [0.15, 0.2) is 0 Å². The van der Waals surface area contributed by atoms with Crippen LogP contribution < -0.4 is 14.8 Å². The molecule has 174 valence electrons. The summed E-state index contributed by atoms with van der Waals surface area (Å²) in [4.78, 5) is 13.3. The number of hydrogen-bond donors (Lipinski definition) is 2. The minimum Gasteiger partial charge on any atom is -0.496 e. The van der Waals surface area contributed by atoms with Gasteiger partial charge in [0.25, 0.3) is 15.9 Å². The van der Waals surface area contributed by atoms with Crippen molar-refractivity contribution in [2.45, 2.75) is 45.1 Å². The highest BCUT2D eigenvalue weighted by molar-refractivity contribution is 7.92. The van der Waals surface area contributed by atoms with E-state index in [0.717, 1.165) is 22.4 Å². The summed E-state index contributed by atoms with van der Waals surface area (Å²) < 4.78 is 33.6. The minimum atomic E-state index is -3.77. The molecule has 0 bridgehead atoms. The number of sulfonamides is 1. The molecule has 1 amide bonds. The summed E-state index contributed by atoms with van der Waals surface area (Å²) in [6.07, 6.45) is 0.705. The number of methoxy groups -OCH3 is 1. The van der Waals surface area contributed by atoms with Crippen molar-refractivity contribution in [1.29, 1.82) is 0 Å². The van der Waals surface area contributed by atoms with E-state index in [1.165, 1.54) is 0 Å². The molecule has 3 rings (SSSR count). The van der Waals surface area contributed by atoms with Crippen molar-refractivity contribution in [1.82, 2.24) is 5.32 Å². The molecule has 0 fully saturated rings. The Morgan fingerprint density at radius 3 is 2.30 bits per heavy atom. The molecule has 0 saturated carbocycles. The molecule has 0 aliphatic heterocycles. The maximum Gasteiger partial charge on any atom is 0.261 e. The first-order valence-corrected chi connectivity index (χ1v) is 12.3. The normalized spacial score (nSPS) is 12.2. The molecule has 1 atom stereocenters. The first-order chi connectivity index (χ1) is 15.7. The van der Waals surface area contributed by atoms with Crippen molar-refractivity contribution in [2.75, 3.05) is 11.8 Å². The van der Waals surface area contributed by atoms with Gasteiger partial charge in [-0.2, -0.15) is 0 Å². The number of aryl methyl sites for hydroxylation is 2. The standard InChI is InChI=1S/C26H30N2O4S/c1-6-23(20-12-15-25(32-5)18(3)16-20)27-26(29)22-8-7-9-24(19(22)4)28-33(30,31)21-13-10-17(2)11-14-21/h7-16,23,28H,6H2,1-5H3,(H,27,29)/t23-/m1/s1. The zero-order valence-corrected chi connectivity index (χ0v) is 20.4. The Morgan fingerprint density at radius 2 is 1.70 bits per heavy atom. The van der Waals surface area contributed by atoms with E-state index < -0.39 is 10.0 Å². The number of nitrogens with one attached hydrogen (secondary N) is 2. The summed E-state index contributed by atoms with van der Waals surface area (Å²) in [7, 11) is -2.14. The fraction of sp³-hybridized carbons (Fsp3) is 0.269. The van der Waals surface area contributed by atoms with E-state index in [4.69, 9.17) is 4.74 Å². The molecule has 0 aliphatic carbocycles. The lowest BCUT2D eigenvalue weighted by atomic mass is 10.00. The van der Waals surface area contributed by atoms with Crippen LogP contribution in [-0.2, 0) is 10.0 Å². The quantitative estimate of drug-likeness (QED) is 0.472. The van der Waals surface area contributed by atoms with Crippen LogP contribution in [0.2, 0.25) is 0 Å². The van der Waals surface area contributed by atoms with E-state index in [2.05, 4.69) is 10.0 Å². The SMILES string of the molecule is CC[C@@H](NC(=O)c1cccc(NS(=O)(=O)c2ccc(C)cc2)c1C)c1ccc(OC)c(C)c1. The Morgan fingerprint density at radius 1 is 1.00 bits per heavy atom. The van der Waals surface area contributed by atoms with E-state index in [9.17, 15) is 13.2 Å². The zero-order valence-electron chi connectivity index (χ0n) is 19.6. The number of carbonyl (C=O) groups excluding carboxylic acids is 1. The molecule has 3 aromatic rings. The van der Waals surface area contributed by atoms with Gasteiger partial charge in [-0.25, -0.2) is 8.42 Å². The molecular weight excluding hydrogens is 436 g/mol. The highest BCUT2D eigenvalue weighted by Crippen LogP contribution is 2.26. The van der Waals surface area contributed by atoms with Crippen LogP contribution in [0.4, 0.5) is 5.69 Å². The van der Waals surface area contributed by atoms with Crippen molar-refractivity contribution in [2.24, 2.45) is 0 Å². The number of hydrogen-bond acceptors (Lipinski definition) is 4. The average molecular weight is 467 g/mol. The molecular formula is C26H30N2O4S. The predicted molar refractivity (Wildman–Crippen MR) is 131 cm³/mol. The summed E-state index contributed by atoms with van der Waals surface area (Å²) in [5.41, 5.74) is 4.30. The molecule has 0 unspecified atom stereocenters. The van der Waals surface area contributed by atoms with Crippen LogP contribution in [0.15, 0.2) is 65.6 Å². The lowest BCUT2D eigenvalue weighted by Crippen LogP contribution is -2.29. The molecule has 0 saturated heterocycles. The van der Waals surface area contributed by atoms with Crippen LogP contribution in [0.25, 0.3) is 0 Å². The van der Waals surface area contributed by atoms with Crippen LogP contribution in [0.1, 0.15) is 52.0 Å². The molecule has 0 heterocycles. The second-order valence-electron chi connectivity index (χ2n) is 8.06. The van der Waals surface area contributed by atoms with Gasteiger partial charge in [0.2, 0.25) is 0 Å². The first kappa shape index (κ1) is 24.3. The van der Waals surface area contributed by atoms with E-state index in [1.807, 2.05) is 39.0 Å². The summed E-state index contributed by atoms with van der Waals surface area (Å²) in [6, 6.07) is 17.3. The second kappa shape index (κ2) is 10.1. The molecule has 7 heteroatoms. The summed E-state index contributed by atoms with van der Waals surface area (Å²) in [6.45, 7) is 7.60. The van der Waals surface area contributed by atoms with E-state index >= 15 is 0 Å². The van der Waals surface area contributed by atoms with Crippen molar-refractivity contribution < 1.29 is 17.9 Å². The van der Waals surface area contributed by atoms with Crippen LogP contribution in [-0.4, -0.2) is 21.4 Å². The van der Waals surface area contributed by atoms with Crippen LogP contribution in [0, 0.1) is 20.8 Å². The van der Waals surface area contributed by atoms with Gasteiger partial charge in [-0.05, 0) is 74.2 Å².